The van der Waals surface area contributed by atoms with E-state index in [1.165, 1.54) is 11.8 Å². The SMILES string of the molecule is CC(C)(C)c1ccc(-c2cnc(C(=O)O)c(N)n2)cc1. The van der Waals surface area contributed by atoms with Gasteiger partial charge in [0.05, 0.1) is 11.9 Å². The zero-order chi connectivity index (χ0) is 14.9. The summed E-state index contributed by atoms with van der Waals surface area (Å²) in [5.41, 5.74) is 8.09. The van der Waals surface area contributed by atoms with Gasteiger partial charge in [-0.2, -0.15) is 0 Å². The smallest absolute Gasteiger partial charge is 0.358 e. The van der Waals surface area contributed by atoms with Gasteiger partial charge in [-0.05, 0) is 11.0 Å². The maximum atomic E-state index is 10.8. The summed E-state index contributed by atoms with van der Waals surface area (Å²) in [4.78, 5) is 18.8. The quantitative estimate of drug-likeness (QED) is 0.876. The van der Waals surface area contributed by atoms with Crippen molar-refractivity contribution in [3.63, 3.8) is 0 Å². The van der Waals surface area contributed by atoms with Crippen molar-refractivity contribution in [2.75, 3.05) is 5.73 Å². The van der Waals surface area contributed by atoms with E-state index in [0.717, 1.165) is 5.56 Å². The summed E-state index contributed by atoms with van der Waals surface area (Å²) in [7, 11) is 0. The number of anilines is 1. The van der Waals surface area contributed by atoms with Gasteiger partial charge in [0.1, 0.15) is 0 Å². The van der Waals surface area contributed by atoms with Gasteiger partial charge < -0.3 is 10.8 Å². The normalized spacial score (nSPS) is 11.3. The molecule has 0 fully saturated rings. The van der Waals surface area contributed by atoms with Crippen LogP contribution in [0.1, 0.15) is 36.8 Å². The number of benzene rings is 1. The van der Waals surface area contributed by atoms with Crippen molar-refractivity contribution in [2.24, 2.45) is 0 Å². The lowest BCUT2D eigenvalue weighted by molar-refractivity contribution is 0.0691. The van der Waals surface area contributed by atoms with Crippen molar-refractivity contribution >= 4 is 11.8 Å². The highest BCUT2D eigenvalue weighted by Crippen LogP contribution is 2.25. The molecule has 0 atom stereocenters. The molecule has 1 aromatic heterocycles. The van der Waals surface area contributed by atoms with Crippen molar-refractivity contribution in [1.29, 1.82) is 0 Å². The highest BCUT2D eigenvalue weighted by atomic mass is 16.4. The van der Waals surface area contributed by atoms with Gasteiger partial charge in [0.15, 0.2) is 11.5 Å². The van der Waals surface area contributed by atoms with Crippen LogP contribution in [0, 0.1) is 0 Å². The van der Waals surface area contributed by atoms with Gasteiger partial charge in [0.25, 0.3) is 0 Å². The van der Waals surface area contributed by atoms with Gasteiger partial charge in [-0.15, -0.1) is 0 Å². The number of rotatable bonds is 2. The van der Waals surface area contributed by atoms with Crippen molar-refractivity contribution < 1.29 is 9.90 Å². The molecule has 0 unspecified atom stereocenters. The maximum Gasteiger partial charge on any atom is 0.358 e. The molecule has 2 aromatic rings. The minimum Gasteiger partial charge on any atom is -0.476 e. The van der Waals surface area contributed by atoms with E-state index in [2.05, 4.69) is 30.7 Å². The average molecular weight is 271 g/mol. The van der Waals surface area contributed by atoms with Gasteiger partial charge in [-0.25, -0.2) is 14.8 Å². The minimum atomic E-state index is -1.18. The first-order valence-corrected chi connectivity index (χ1v) is 6.26. The number of hydrogen-bond donors (Lipinski definition) is 2. The lowest BCUT2D eigenvalue weighted by Gasteiger charge is -2.19. The van der Waals surface area contributed by atoms with Gasteiger partial charge in [0, 0.05) is 5.56 Å². The minimum absolute atomic E-state index is 0.0742. The van der Waals surface area contributed by atoms with Crippen LogP contribution in [0.2, 0.25) is 0 Å². The van der Waals surface area contributed by atoms with Gasteiger partial charge >= 0.3 is 5.97 Å². The first-order chi connectivity index (χ1) is 9.29. The second-order valence-electron chi connectivity index (χ2n) is 5.62. The number of hydrogen-bond acceptors (Lipinski definition) is 4. The number of carbonyl (C=O) groups is 1. The van der Waals surface area contributed by atoms with Crippen LogP contribution < -0.4 is 5.73 Å². The molecule has 0 aliphatic heterocycles. The van der Waals surface area contributed by atoms with E-state index < -0.39 is 5.97 Å². The van der Waals surface area contributed by atoms with Crippen molar-refractivity contribution in [2.45, 2.75) is 26.2 Å². The first-order valence-electron chi connectivity index (χ1n) is 6.26. The summed E-state index contributed by atoms with van der Waals surface area (Å²) in [6.45, 7) is 6.42. The van der Waals surface area contributed by atoms with E-state index in [-0.39, 0.29) is 16.9 Å². The lowest BCUT2D eigenvalue weighted by atomic mass is 9.86. The fourth-order valence-electron chi connectivity index (χ4n) is 1.85. The number of aromatic carboxylic acids is 1. The third kappa shape index (κ3) is 2.77. The molecule has 3 N–H and O–H groups in total. The molecule has 2 rings (SSSR count). The molecule has 5 heteroatoms. The second kappa shape index (κ2) is 4.92. The Bertz CT molecular complexity index is 643. The highest BCUT2D eigenvalue weighted by Gasteiger charge is 2.15. The first kappa shape index (κ1) is 14.0. The fraction of sp³-hybridized carbons (Fsp3) is 0.267. The molecule has 0 spiro atoms. The number of carboxylic acids is 1. The fourth-order valence-corrected chi connectivity index (χ4v) is 1.85. The molecule has 0 saturated heterocycles. The number of nitrogen functional groups attached to an aromatic ring is 1. The molecular weight excluding hydrogens is 254 g/mol. The van der Waals surface area contributed by atoms with E-state index in [0.29, 0.717) is 5.69 Å². The maximum absolute atomic E-state index is 10.8. The van der Waals surface area contributed by atoms with Crippen molar-refractivity contribution in [3.8, 4) is 11.3 Å². The van der Waals surface area contributed by atoms with Gasteiger partial charge in [-0.1, -0.05) is 45.0 Å². The third-order valence-corrected chi connectivity index (χ3v) is 3.05. The Morgan fingerprint density at radius 2 is 1.80 bits per heavy atom. The largest absolute Gasteiger partial charge is 0.476 e. The second-order valence-corrected chi connectivity index (χ2v) is 5.62. The van der Waals surface area contributed by atoms with Crippen LogP contribution in [0.4, 0.5) is 5.82 Å². The van der Waals surface area contributed by atoms with Gasteiger partial charge in [-0.3, -0.25) is 0 Å². The molecule has 0 bridgehead atoms. The molecule has 0 radical (unpaired) electrons. The summed E-state index contributed by atoms with van der Waals surface area (Å²) < 4.78 is 0. The predicted molar refractivity (Wildman–Crippen MR) is 77.5 cm³/mol. The van der Waals surface area contributed by atoms with Crippen molar-refractivity contribution in [1.82, 2.24) is 9.97 Å². The number of nitrogens with two attached hydrogens (primary N) is 1. The Morgan fingerprint density at radius 3 is 2.25 bits per heavy atom. The van der Waals surface area contributed by atoms with Crippen LogP contribution in [0.25, 0.3) is 11.3 Å². The molecule has 1 aromatic carbocycles. The number of aromatic nitrogens is 2. The summed E-state index contributed by atoms with van der Waals surface area (Å²) >= 11 is 0. The van der Waals surface area contributed by atoms with Crippen molar-refractivity contribution in [3.05, 3.63) is 41.7 Å². The topological polar surface area (TPSA) is 89.1 Å². The molecule has 0 aliphatic rings. The van der Waals surface area contributed by atoms with Crippen LogP contribution >= 0.6 is 0 Å². The van der Waals surface area contributed by atoms with Crippen LogP contribution in [0.5, 0.6) is 0 Å². The van der Waals surface area contributed by atoms with E-state index in [1.807, 2.05) is 24.3 Å². The summed E-state index contributed by atoms with van der Waals surface area (Å²) in [6.07, 6.45) is 1.42. The van der Waals surface area contributed by atoms with Crippen LogP contribution in [-0.4, -0.2) is 21.0 Å². The summed E-state index contributed by atoms with van der Waals surface area (Å²) in [5, 5.41) is 8.87. The van der Waals surface area contributed by atoms with E-state index in [4.69, 9.17) is 10.8 Å². The molecule has 104 valence electrons. The standard InChI is InChI=1S/C15H17N3O2/c1-15(2,3)10-6-4-9(5-7-10)11-8-17-12(14(19)20)13(16)18-11/h4-8H,1-3H3,(H2,16,18)(H,19,20). The molecular formula is C15H17N3O2. The average Bonchev–Trinajstić information content (AvgIpc) is 2.37. The third-order valence-electron chi connectivity index (χ3n) is 3.05. The summed E-state index contributed by atoms with van der Waals surface area (Å²) in [6, 6.07) is 7.92. The molecule has 0 saturated carbocycles. The Balaban J connectivity index is 2.37. The van der Waals surface area contributed by atoms with E-state index >= 15 is 0 Å². The van der Waals surface area contributed by atoms with E-state index in [1.54, 1.807) is 0 Å². The highest BCUT2D eigenvalue weighted by molar-refractivity contribution is 5.90. The van der Waals surface area contributed by atoms with Crippen LogP contribution in [0.3, 0.4) is 0 Å². The Hall–Kier alpha value is -2.43. The zero-order valence-electron chi connectivity index (χ0n) is 11.7. The Kier molecular flexibility index (Phi) is 3.44. The zero-order valence-corrected chi connectivity index (χ0v) is 11.7. The summed E-state index contributed by atoms with van der Waals surface area (Å²) in [5.74, 6) is -1.25. The molecule has 0 aliphatic carbocycles. The number of nitrogens with zero attached hydrogens (tertiary/aromatic N) is 2. The van der Waals surface area contributed by atoms with Crippen LogP contribution in [0.15, 0.2) is 30.5 Å². The Labute approximate surface area is 117 Å². The molecule has 1 heterocycles. The van der Waals surface area contributed by atoms with Gasteiger partial charge in [0.2, 0.25) is 0 Å². The monoisotopic (exact) mass is 271 g/mol. The molecule has 20 heavy (non-hydrogen) atoms. The predicted octanol–water partition coefficient (Wildman–Crippen LogP) is 2.72. The molecule has 0 amide bonds. The number of carboxylic acid groups (broad SMARTS) is 1. The lowest BCUT2D eigenvalue weighted by Crippen LogP contribution is -2.10. The van der Waals surface area contributed by atoms with Crippen LogP contribution in [-0.2, 0) is 5.41 Å². The Morgan fingerprint density at radius 1 is 1.20 bits per heavy atom. The van der Waals surface area contributed by atoms with E-state index in [9.17, 15) is 4.79 Å². The molecule has 5 nitrogen and oxygen atoms in total.